The van der Waals surface area contributed by atoms with Crippen LogP contribution in [0, 0.1) is 6.92 Å². The first-order chi connectivity index (χ1) is 15.1. The highest BCUT2D eigenvalue weighted by Crippen LogP contribution is 2.28. The molecule has 0 spiro atoms. The van der Waals surface area contributed by atoms with E-state index in [2.05, 4.69) is 4.98 Å². The molecule has 0 atom stereocenters. The van der Waals surface area contributed by atoms with Crippen molar-refractivity contribution in [3.63, 3.8) is 0 Å². The Morgan fingerprint density at radius 3 is 2.45 bits per heavy atom. The standard InChI is InChI=1S/C24H20N4O3/c1-17-11-13-19(14-12-17)26-15-22-25-20-9-5-6-10-21(20)27(22)23(29)28(26)24(30)31-16-18-7-3-2-4-8-18/h2-14H,15-16H2,1H3. The van der Waals surface area contributed by atoms with Crippen molar-refractivity contribution in [1.82, 2.24) is 14.6 Å². The molecule has 154 valence electrons. The minimum atomic E-state index is -0.738. The maximum absolute atomic E-state index is 13.5. The number of fused-ring (bicyclic) bond motifs is 3. The number of anilines is 1. The molecule has 0 unspecified atom stereocenters. The highest BCUT2D eigenvalue weighted by Gasteiger charge is 2.38. The number of benzene rings is 3. The van der Waals surface area contributed by atoms with E-state index in [1.54, 1.807) is 5.01 Å². The van der Waals surface area contributed by atoms with Crippen LogP contribution in [-0.2, 0) is 17.9 Å². The number of imidazole rings is 1. The summed E-state index contributed by atoms with van der Waals surface area (Å²) in [6.45, 7) is 2.31. The van der Waals surface area contributed by atoms with E-state index in [-0.39, 0.29) is 13.2 Å². The lowest BCUT2D eigenvalue weighted by molar-refractivity contribution is 0.0969. The minimum absolute atomic E-state index is 0.0721. The van der Waals surface area contributed by atoms with E-state index in [1.807, 2.05) is 85.8 Å². The number of hydrogen-bond donors (Lipinski definition) is 0. The Hall–Kier alpha value is -4.13. The van der Waals surface area contributed by atoms with E-state index in [9.17, 15) is 9.59 Å². The van der Waals surface area contributed by atoms with Crippen LogP contribution in [0.1, 0.15) is 17.0 Å². The number of hydrazine groups is 1. The lowest BCUT2D eigenvalue weighted by atomic mass is 10.2. The number of amides is 2. The molecule has 1 aliphatic rings. The van der Waals surface area contributed by atoms with Crippen molar-refractivity contribution in [1.29, 1.82) is 0 Å². The Kier molecular flexibility index (Phi) is 4.63. The maximum Gasteiger partial charge on any atom is 0.438 e. The molecule has 0 aliphatic carbocycles. The first kappa shape index (κ1) is 18.9. The maximum atomic E-state index is 13.5. The molecule has 0 saturated carbocycles. The number of carbonyl (C=O) groups excluding carboxylic acids is 2. The number of aryl methyl sites for hydroxylation is 1. The molecule has 2 heterocycles. The Morgan fingerprint density at radius 2 is 1.68 bits per heavy atom. The smallest absolute Gasteiger partial charge is 0.438 e. The molecule has 4 aromatic rings. The summed E-state index contributed by atoms with van der Waals surface area (Å²) in [5.74, 6) is 0.568. The highest BCUT2D eigenvalue weighted by molar-refractivity contribution is 6.00. The second-order valence-corrected chi connectivity index (χ2v) is 7.38. The molecule has 0 N–H and O–H groups in total. The Bertz CT molecular complexity index is 1270. The van der Waals surface area contributed by atoms with Crippen LogP contribution in [-0.4, -0.2) is 26.7 Å². The third-order valence-electron chi connectivity index (χ3n) is 5.25. The zero-order valence-electron chi connectivity index (χ0n) is 16.9. The van der Waals surface area contributed by atoms with Crippen molar-refractivity contribution in [2.75, 3.05) is 5.01 Å². The predicted molar refractivity (Wildman–Crippen MR) is 116 cm³/mol. The largest absolute Gasteiger partial charge is 0.443 e. The van der Waals surface area contributed by atoms with Gasteiger partial charge < -0.3 is 4.74 Å². The van der Waals surface area contributed by atoms with Gasteiger partial charge in [-0.05, 0) is 36.8 Å². The fourth-order valence-corrected chi connectivity index (χ4v) is 3.68. The van der Waals surface area contributed by atoms with Gasteiger partial charge in [0, 0.05) is 0 Å². The number of imide groups is 1. The molecule has 0 fully saturated rings. The van der Waals surface area contributed by atoms with Crippen LogP contribution in [0.25, 0.3) is 11.0 Å². The van der Waals surface area contributed by atoms with Crippen LogP contribution in [0.5, 0.6) is 0 Å². The van der Waals surface area contributed by atoms with Gasteiger partial charge in [0.1, 0.15) is 12.4 Å². The molecule has 0 radical (unpaired) electrons. The summed E-state index contributed by atoms with van der Waals surface area (Å²) < 4.78 is 6.98. The number of hydrogen-bond acceptors (Lipinski definition) is 5. The van der Waals surface area contributed by atoms with Gasteiger partial charge in [-0.25, -0.2) is 19.1 Å². The second kappa shape index (κ2) is 7.60. The van der Waals surface area contributed by atoms with Gasteiger partial charge in [0.2, 0.25) is 0 Å². The van der Waals surface area contributed by atoms with Crippen LogP contribution in [0.2, 0.25) is 0 Å². The molecule has 1 aromatic heterocycles. The molecule has 0 bridgehead atoms. The number of carbonyl (C=O) groups is 2. The fourth-order valence-electron chi connectivity index (χ4n) is 3.68. The average molecular weight is 412 g/mol. The molecule has 7 nitrogen and oxygen atoms in total. The van der Waals surface area contributed by atoms with E-state index in [0.717, 1.165) is 16.1 Å². The summed E-state index contributed by atoms with van der Waals surface area (Å²) in [6.07, 6.45) is -0.738. The Labute approximate surface area is 179 Å². The quantitative estimate of drug-likeness (QED) is 0.479. The van der Waals surface area contributed by atoms with Crippen LogP contribution < -0.4 is 5.01 Å². The summed E-state index contributed by atoms with van der Waals surface area (Å²) in [6, 6.07) is 23.8. The summed E-state index contributed by atoms with van der Waals surface area (Å²) in [5, 5.41) is 2.66. The minimum Gasteiger partial charge on any atom is -0.443 e. The second-order valence-electron chi connectivity index (χ2n) is 7.38. The fraction of sp³-hybridized carbons (Fsp3) is 0.125. The van der Waals surface area contributed by atoms with Gasteiger partial charge in [0.15, 0.2) is 0 Å². The van der Waals surface area contributed by atoms with Crippen molar-refractivity contribution in [2.45, 2.75) is 20.1 Å². The van der Waals surface area contributed by atoms with Crippen molar-refractivity contribution < 1.29 is 14.3 Å². The highest BCUT2D eigenvalue weighted by atomic mass is 16.6. The number of aromatic nitrogens is 2. The Morgan fingerprint density at radius 1 is 0.968 bits per heavy atom. The summed E-state index contributed by atoms with van der Waals surface area (Å²) in [5.41, 5.74) is 3.99. The van der Waals surface area contributed by atoms with Crippen molar-refractivity contribution in [3.8, 4) is 0 Å². The molecular formula is C24H20N4O3. The third-order valence-corrected chi connectivity index (χ3v) is 5.25. The average Bonchev–Trinajstić information content (AvgIpc) is 3.17. The van der Waals surface area contributed by atoms with E-state index < -0.39 is 12.1 Å². The predicted octanol–water partition coefficient (Wildman–Crippen LogP) is 4.89. The van der Waals surface area contributed by atoms with E-state index >= 15 is 0 Å². The topological polar surface area (TPSA) is 67.7 Å². The van der Waals surface area contributed by atoms with Gasteiger partial charge in [-0.2, -0.15) is 0 Å². The van der Waals surface area contributed by atoms with E-state index in [1.165, 1.54) is 4.57 Å². The van der Waals surface area contributed by atoms with Crippen molar-refractivity contribution in [2.24, 2.45) is 0 Å². The van der Waals surface area contributed by atoms with Gasteiger partial charge in [-0.1, -0.05) is 60.2 Å². The molecular weight excluding hydrogens is 392 g/mol. The Balaban J connectivity index is 1.53. The molecule has 3 aromatic carbocycles. The summed E-state index contributed by atoms with van der Waals surface area (Å²) in [7, 11) is 0. The first-order valence-corrected chi connectivity index (χ1v) is 9.97. The lowest BCUT2D eigenvalue weighted by Crippen LogP contribution is -2.55. The SMILES string of the molecule is Cc1ccc(N2Cc3nc4ccccc4n3C(=O)N2C(=O)OCc2ccccc2)cc1. The number of ether oxygens (including phenoxy) is 1. The molecule has 31 heavy (non-hydrogen) atoms. The van der Waals surface area contributed by atoms with Gasteiger partial charge in [-0.3, -0.25) is 5.01 Å². The third kappa shape index (κ3) is 3.40. The zero-order chi connectivity index (χ0) is 21.4. The van der Waals surface area contributed by atoms with Crippen LogP contribution in [0.3, 0.4) is 0 Å². The molecule has 0 saturated heterocycles. The number of rotatable bonds is 3. The van der Waals surface area contributed by atoms with Gasteiger partial charge in [0.25, 0.3) is 0 Å². The lowest BCUT2D eigenvalue weighted by Gasteiger charge is -2.37. The number of para-hydroxylation sites is 2. The van der Waals surface area contributed by atoms with Crippen molar-refractivity contribution in [3.05, 3.63) is 95.8 Å². The molecule has 2 amide bonds. The number of nitrogens with zero attached hydrogens (tertiary/aromatic N) is 4. The van der Waals surface area contributed by atoms with Crippen LogP contribution >= 0.6 is 0 Å². The molecule has 1 aliphatic heterocycles. The van der Waals surface area contributed by atoms with Gasteiger partial charge >= 0.3 is 12.1 Å². The van der Waals surface area contributed by atoms with Gasteiger partial charge in [-0.15, -0.1) is 5.01 Å². The molecule has 5 rings (SSSR count). The van der Waals surface area contributed by atoms with Crippen LogP contribution in [0.4, 0.5) is 15.3 Å². The molecule has 7 heteroatoms. The summed E-state index contributed by atoms with van der Waals surface area (Å²) >= 11 is 0. The zero-order valence-corrected chi connectivity index (χ0v) is 16.9. The van der Waals surface area contributed by atoms with E-state index in [0.29, 0.717) is 22.5 Å². The summed E-state index contributed by atoms with van der Waals surface area (Å²) in [4.78, 5) is 31.2. The first-order valence-electron chi connectivity index (χ1n) is 9.97. The normalized spacial score (nSPS) is 13.4. The van der Waals surface area contributed by atoms with Crippen LogP contribution in [0.15, 0.2) is 78.9 Å². The van der Waals surface area contributed by atoms with Crippen molar-refractivity contribution >= 4 is 28.8 Å². The monoisotopic (exact) mass is 412 g/mol. The van der Waals surface area contributed by atoms with Gasteiger partial charge in [0.05, 0.1) is 23.3 Å². The van der Waals surface area contributed by atoms with E-state index in [4.69, 9.17) is 4.74 Å².